The van der Waals surface area contributed by atoms with Crippen LogP contribution in [-0.2, 0) is 0 Å². The quantitative estimate of drug-likeness (QED) is 0.891. The van der Waals surface area contributed by atoms with E-state index in [1.54, 1.807) is 18.2 Å². The van der Waals surface area contributed by atoms with Gasteiger partial charge in [0.1, 0.15) is 0 Å². The zero-order chi connectivity index (χ0) is 13.1. The molecule has 1 unspecified atom stereocenters. The Morgan fingerprint density at radius 1 is 1.39 bits per heavy atom. The zero-order valence-corrected chi connectivity index (χ0v) is 10.3. The van der Waals surface area contributed by atoms with Gasteiger partial charge in [-0.3, -0.25) is 0 Å². The van der Waals surface area contributed by atoms with Crippen LogP contribution < -0.4 is 5.73 Å². The number of rotatable bonds is 3. The molecular weight excluding hydrogens is 228 g/mol. The molecule has 1 aromatic heterocycles. The first-order valence-corrected chi connectivity index (χ1v) is 5.71. The summed E-state index contributed by atoms with van der Waals surface area (Å²) < 4.78 is 5.17. The summed E-state index contributed by atoms with van der Waals surface area (Å²) in [5.74, 6) is 1.11. The molecule has 1 atom stereocenters. The number of nitrogens with zero attached hydrogens (tertiary/aromatic N) is 3. The molecule has 1 heterocycles. The molecule has 0 aliphatic heterocycles. The van der Waals surface area contributed by atoms with Crippen LogP contribution in [0.15, 0.2) is 28.8 Å². The van der Waals surface area contributed by atoms with Gasteiger partial charge in [0.25, 0.3) is 5.89 Å². The first-order chi connectivity index (χ1) is 8.61. The average Bonchev–Trinajstić information content (AvgIpc) is 2.87. The van der Waals surface area contributed by atoms with Crippen molar-refractivity contribution in [3.8, 4) is 17.5 Å². The van der Waals surface area contributed by atoms with E-state index in [4.69, 9.17) is 15.5 Å². The third-order valence-electron chi connectivity index (χ3n) is 2.70. The van der Waals surface area contributed by atoms with E-state index >= 15 is 0 Å². The predicted molar refractivity (Wildman–Crippen MR) is 66.2 cm³/mol. The van der Waals surface area contributed by atoms with Gasteiger partial charge in [-0.15, -0.1) is 0 Å². The molecule has 92 valence electrons. The largest absolute Gasteiger partial charge is 0.334 e. The maximum Gasteiger partial charge on any atom is 0.258 e. The Balaban J connectivity index is 2.32. The summed E-state index contributed by atoms with van der Waals surface area (Å²) in [6, 6.07) is 8.85. The van der Waals surface area contributed by atoms with Gasteiger partial charge in [-0.05, 0) is 24.1 Å². The van der Waals surface area contributed by atoms with Crippen LogP contribution >= 0.6 is 0 Å². The fraction of sp³-hybridized carbons (Fsp3) is 0.308. The molecule has 5 heteroatoms. The Bertz CT molecular complexity index is 583. The molecule has 2 N–H and O–H groups in total. The number of nitrogens with two attached hydrogens (primary N) is 1. The molecule has 0 saturated carbocycles. The van der Waals surface area contributed by atoms with Gasteiger partial charge >= 0.3 is 0 Å². The summed E-state index contributed by atoms with van der Waals surface area (Å²) in [6.07, 6.45) is 0. The lowest BCUT2D eigenvalue weighted by atomic mass is 10.1. The monoisotopic (exact) mass is 242 g/mol. The number of benzene rings is 1. The fourth-order valence-corrected chi connectivity index (χ4v) is 1.51. The Morgan fingerprint density at radius 3 is 2.83 bits per heavy atom. The summed E-state index contributed by atoms with van der Waals surface area (Å²) in [7, 11) is 0. The molecule has 0 saturated heterocycles. The molecule has 2 aromatic rings. The van der Waals surface area contributed by atoms with E-state index < -0.39 is 0 Å². The minimum absolute atomic E-state index is 0.237. The third-order valence-corrected chi connectivity index (χ3v) is 2.70. The molecule has 0 aliphatic rings. The third kappa shape index (κ3) is 2.39. The highest BCUT2D eigenvalue weighted by molar-refractivity contribution is 5.55. The number of nitriles is 1. The fourth-order valence-electron chi connectivity index (χ4n) is 1.51. The summed E-state index contributed by atoms with van der Waals surface area (Å²) in [5, 5.41) is 12.7. The van der Waals surface area contributed by atoms with E-state index in [-0.39, 0.29) is 12.0 Å². The van der Waals surface area contributed by atoms with Crippen molar-refractivity contribution in [1.82, 2.24) is 10.1 Å². The molecule has 0 bridgehead atoms. The smallest absolute Gasteiger partial charge is 0.258 e. The highest BCUT2D eigenvalue weighted by atomic mass is 16.5. The Morgan fingerprint density at radius 2 is 2.17 bits per heavy atom. The molecular formula is C13H14N4O. The molecule has 0 radical (unpaired) electrons. The number of hydrogen-bond donors (Lipinski definition) is 1. The van der Waals surface area contributed by atoms with Gasteiger partial charge in [0, 0.05) is 5.56 Å². The number of aromatic nitrogens is 2. The van der Waals surface area contributed by atoms with Gasteiger partial charge in [0.05, 0.1) is 17.7 Å². The van der Waals surface area contributed by atoms with Crippen molar-refractivity contribution in [1.29, 1.82) is 5.26 Å². The summed E-state index contributed by atoms with van der Waals surface area (Å²) in [6.45, 7) is 3.99. The molecule has 5 nitrogen and oxygen atoms in total. The van der Waals surface area contributed by atoms with E-state index in [0.717, 1.165) is 5.56 Å². The van der Waals surface area contributed by atoms with Crippen LogP contribution in [0.1, 0.15) is 31.3 Å². The minimum Gasteiger partial charge on any atom is -0.334 e. The molecule has 18 heavy (non-hydrogen) atoms. The molecule has 1 aromatic carbocycles. The Kier molecular flexibility index (Phi) is 3.40. The van der Waals surface area contributed by atoms with Gasteiger partial charge in [0.2, 0.25) is 0 Å². The Labute approximate surface area is 105 Å². The highest BCUT2D eigenvalue weighted by Crippen LogP contribution is 2.22. The van der Waals surface area contributed by atoms with Crippen molar-refractivity contribution < 1.29 is 4.52 Å². The number of hydrogen-bond acceptors (Lipinski definition) is 5. The van der Waals surface area contributed by atoms with Crippen molar-refractivity contribution in [2.24, 2.45) is 11.7 Å². The topological polar surface area (TPSA) is 88.7 Å². The van der Waals surface area contributed by atoms with Crippen molar-refractivity contribution >= 4 is 0 Å². The van der Waals surface area contributed by atoms with E-state index in [2.05, 4.69) is 16.2 Å². The summed E-state index contributed by atoms with van der Waals surface area (Å²) in [5.41, 5.74) is 7.23. The van der Waals surface area contributed by atoms with Gasteiger partial charge in [0.15, 0.2) is 5.82 Å². The maximum atomic E-state index is 8.84. The molecule has 2 rings (SSSR count). The average molecular weight is 242 g/mol. The van der Waals surface area contributed by atoms with E-state index in [9.17, 15) is 0 Å². The first kappa shape index (κ1) is 12.3. The van der Waals surface area contributed by atoms with Crippen molar-refractivity contribution in [3.05, 3.63) is 35.7 Å². The minimum atomic E-state index is -0.248. The highest BCUT2D eigenvalue weighted by Gasteiger charge is 2.18. The summed E-state index contributed by atoms with van der Waals surface area (Å²) >= 11 is 0. The lowest BCUT2D eigenvalue weighted by Crippen LogP contribution is -2.18. The van der Waals surface area contributed by atoms with Gasteiger partial charge < -0.3 is 10.3 Å². The zero-order valence-electron chi connectivity index (χ0n) is 10.3. The van der Waals surface area contributed by atoms with Crippen molar-refractivity contribution in [3.63, 3.8) is 0 Å². The predicted octanol–water partition coefficient (Wildman–Crippen LogP) is 2.26. The lowest BCUT2D eigenvalue weighted by molar-refractivity contribution is 0.400. The molecule has 0 spiro atoms. The van der Waals surface area contributed by atoms with E-state index in [0.29, 0.717) is 17.3 Å². The second-order valence-electron chi connectivity index (χ2n) is 4.42. The standard InChI is InChI=1S/C13H14N4O/c1-8(2)11(15)12-16-13(18-17-12)10-5-3-4-9(6-10)7-14/h3-6,8,11H,15H2,1-2H3. The maximum absolute atomic E-state index is 8.84. The van der Waals surface area contributed by atoms with Crippen LogP contribution in [-0.4, -0.2) is 10.1 Å². The van der Waals surface area contributed by atoms with E-state index in [1.807, 2.05) is 19.9 Å². The molecule has 0 aliphatic carbocycles. The first-order valence-electron chi connectivity index (χ1n) is 5.71. The van der Waals surface area contributed by atoms with Gasteiger partial charge in [-0.2, -0.15) is 10.2 Å². The second kappa shape index (κ2) is 4.98. The molecule has 0 amide bonds. The van der Waals surface area contributed by atoms with Crippen LogP contribution in [0.4, 0.5) is 0 Å². The van der Waals surface area contributed by atoms with Crippen molar-refractivity contribution in [2.45, 2.75) is 19.9 Å². The SMILES string of the molecule is CC(C)C(N)c1noc(-c2cccc(C#N)c2)n1. The molecule has 0 fully saturated rings. The second-order valence-corrected chi connectivity index (χ2v) is 4.42. The Hall–Kier alpha value is -2.19. The van der Waals surface area contributed by atoms with Gasteiger partial charge in [-0.25, -0.2) is 0 Å². The summed E-state index contributed by atoms with van der Waals surface area (Å²) in [4.78, 5) is 4.26. The van der Waals surface area contributed by atoms with Crippen molar-refractivity contribution in [2.75, 3.05) is 0 Å². The van der Waals surface area contributed by atoms with Crippen LogP contribution in [0.3, 0.4) is 0 Å². The van der Waals surface area contributed by atoms with E-state index in [1.165, 1.54) is 0 Å². The lowest BCUT2D eigenvalue weighted by Gasteiger charge is -2.09. The van der Waals surface area contributed by atoms with Gasteiger partial charge in [-0.1, -0.05) is 25.1 Å². The van der Waals surface area contributed by atoms with Crippen LogP contribution in [0, 0.1) is 17.2 Å². The van der Waals surface area contributed by atoms with Crippen LogP contribution in [0.2, 0.25) is 0 Å². The van der Waals surface area contributed by atoms with Crippen LogP contribution in [0.25, 0.3) is 11.5 Å². The normalized spacial score (nSPS) is 12.4. The van der Waals surface area contributed by atoms with Crippen LogP contribution in [0.5, 0.6) is 0 Å².